The summed E-state index contributed by atoms with van der Waals surface area (Å²) in [7, 11) is 0. The molecule has 5 nitrogen and oxygen atoms in total. The summed E-state index contributed by atoms with van der Waals surface area (Å²) in [5.74, 6) is -0.153. The normalized spacial score (nSPS) is 10.2. The van der Waals surface area contributed by atoms with Gasteiger partial charge in [-0.05, 0) is 19.1 Å². The Hall–Kier alpha value is -2.08. The minimum atomic E-state index is -0.512. The molecule has 0 atom stereocenters. The van der Waals surface area contributed by atoms with Gasteiger partial charge in [0.05, 0.1) is 18.5 Å². The van der Waals surface area contributed by atoms with Crippen molar-refractivity contribution in [2.75, 3.05) is 13.2 Å². The monoisotopic (exact) mass is 350 g/mol. The standard InChI is InChI=1S/C15H15BrN2O3/c1-3-20-15(19)14-13(21-10-11(2)16)9-18(17-14)12-7-5-4-6-8-12/h4-9H,2-3,10H2,1H3. The molecule has 1 heterocycles. The Bertz CT molecular complexity index is 638. The molecule has 0 bridgehead atoms. The summed E-state index contributed by atoms with van der Waals surface area (Å²) in [6, 6.07) is 9.46. The molecule has 0 amide bonds. The molecule has 0 aliphatic carbocycles. The number of carbonyl (C=O) groups is 1. The maximum Gasteiger partial charge on any atom is 0.362 e. The first-order chi connectivity index (χ1) is 10.1. The van der Waals surface area contributed by atoms with Crippen molar-refractivity contribution in [1.82, 2.24) is 9.78 Å². The van der Waals surface area contributed by atoms with E-state index in [1.54, 1.807) is 17.8 Å². The lowest BCUT2D eigenvalue weighted by atomic mass is 10.3. The van der Waals surface area contributed by atoms with Gasteiger partial charge in [-0.2, -0.15) is 5.10 Å². The highest BCUT2D eigenvalue weighted by atomic mass is 79.9. The average molecular weight is 351 g/mol. The smallest absolute Gasteiger partial charge is 0.362 e. The Morgan fingerprint density at radius 1 is 1.38 bits per heavy atom. The first-order valence-electron chi connectivity index (χ1n) is 6.40. The quantitative estimate of drug-likeness (QED) is 0.749. The third kappa shape index (κ3) is 3.95. The lowest BCUT2D eigenvalue weighted by Crippen LogP contribution is -2.09. The van der Waals surface area contributed by atoms with E-state index in [0.717, 1.165) is 5.69 Å². The number of benzene rings is 1. The number of nitrogens with zero attached hydrogens (tertiary/aromatic N) is 2. The number of hydrogen-bond donors (Lipinski definition) is 0. The van der Waals surface area contributed by atoms with E-state index in [2.05, 4.69) is 27.6 Å². The van der Waals surface area contributed by atoms with Crippen molar-refractivity contribution in [2.45, 2.75) is 6.92 Å². The molecule has 1 aromatic carbocycles. The second-order valence-corrected chi connectivity index (χ2v) is 5.27. The predicted molar refractivity (Wildman–Crippen MR) is 83.1 cm³/mol. The number of halogens is 1. The number of ether oxygens (including phenoxy) is 2. The van der Waals surface area contributed by atoms with Crippen molar-refractivity contribution in [3.8, 4) is 11.4 Å². The van der Waals surface area contributed by atoms with Crippen LogP contribution in [0.4, 0.5) is 0 Å². The summed E-state index contributed by atoms with van der Waals surface area (Å²) >= 11 is 3.21. The first kappa shape index (κ1) is 15.3. The Morgan fingerprint density at radius 3 is 2.71 bits per heavy atom. The third-order valence-corrected chi connectivity index (χ3v) is 2.78. The molecule has 0 saturated carbocycles. The van der Waals surface area contributed by atoms with Crippen LogP contribution in [0.3, 0.4) is 0 Å². The Balaban J connectivity index is 2.34. The fourth-order valence-corrected chi connectivity index (χ4v) is 1.79. The summed E-state index contributed by atoms with van der Waals surface area (Å²) in [6.45, 7) is 5.96. The van der Waals surface area contributed by atoms with Gasteiger partial charge in [0.15, 0.2) is 5.75 Å². The summed E-state index contributed by atoms with van der Waals surface area (Å²) in [6.07, 6.45) is 1.65. The number of para-hydroxylation sites is 1. The number of carbonyl (C=O) groups excluding carboxylic acids is 1. The lowest BCUT2D eigenvalue weighted by molar-refractivity contribution is 0.0515. The summed E-state index contributed by atoms with van der Waals surface area (Å²) in [4.78, 5) is 11.9. The van der Waals surface area contributed by atoms with Crippen molar-refractivity contribution in [2.24, 2.45) is 0 Å². The van der Waals surface area contributed by atoms with E-state index in [0.29, 0.717) is 10.2 Å². The fourth-order valence-electron chi connectivity index (χ4n) is 1.67. The molecule has 0 spiro atoms. The van der Waals surface area contributed by atoms with Crippen molar-refractivity contribution < 1.29 is 14.3 Å². The van der Waals surface area contributed by atoms with Crippen LogP contribution in [0.1, 0.15) is 17.4 Å². The van der Waals surface area contributed by atoms with Crippen LogP contribution < -0.4 is 4.74 Å². The van der Waals surface area contributed by atoms with Crippen LogP contribution in [0.2, 0.25) is 0 Å². The molecular weight excluding hydrogens is 336 g/mol. The van der Waals surface area contributed by atoms with Crippen molar-refractivity contribution in [1.29, 1.82) is 0 Å². The Kier molecular flexibility index (Phi) is 5.16. The molecule has 21 heavy (non-hydrogen) atoms. The molecule has 1 aromatic heterocycles. The first-order valence-corrected chi connectivity index (χ1v) is 7.19. The molecule has 0 saturated heterocycles. The number of rotatable bonds is 6. The van der Waals surface area contributed by atoms with Gasteiger partial charge >= 0.3 is 5.97 Å². The minimum absolute atomic E-state index is 0.148. The van der Waals surface area contributed by atoms with Gasteiger partial charge in [-0.15, -0.1) is 0 Å². The molecule has 6 heteroatoms. The molecule has 0 N–H and O–H groups in total. The average Bonchev–Trinajstić information content (AvgIpc) is 2.90. The highest BCUT2D eigenvalue weighted by Gasteiger charge is 2.20. The molecule has 2 rings (SSSR count). The lowest BCUT2D eigenvalue weighted by Gasteiger charge is -2.04. The zero-order chi connectivity index (χ0) is 15.2. The second kappa shape index (κ2) is 7.08. The topological polar surface area (TPSA) is 53.4 Å². The highest BCUT2D eigenvalue weighted by Crippen LogP contribution is 2.21. The summed E-state index contributed by atoms with van der Waals surface area (Å²) in [5, 5.41) is 4.25. The van der Waals surface area contributed by atoms with E-state index in [4.69, 9.17) is 9.47 Å². The van der Waals surface area contributed by atoms with Gasteiger partial charge in [0.25, 0.3) is 0 Å². The highest BCUT2D eigenvalue weighted by molar-refractivity contribution is 9.11. The van der Waals surface area contributed by atoms with E-state index in [9.17, 15) is 4.79 Å². The van der Waals surface area contributed by atoms with Crippen LogP contribution in [0, 0.1) is 0 Å². The van der Waals surface area contributed by atoms with Crippen LogP contribution in [0.5, 0.6) is 5.75 Å². The molecule has 110 valence electrons. The van der Waals surface area contributed by atoms with Crippen LogP contribution in [0.15, 0.2) is 47.6 Å². The zero-order valence-corrected chi connectivity index (χ0v) is 13.2. The number of aromatic nitrogens is 2. The van der Waals surface area contributed by atoms with Gasteiger partial charge in [0.1, 0.15) is 6.61 Å². The molecule has 0 aliphatic rings. The summed E-state index contributed by atoms with van der Waals surface area (Å²) in [5.41, 5.74) is 0.977. The van der Waals surface area contributed by atoms with Crippen molar-refractivity contribution in [3.63, 3.8) is 0 Å². The van der Waals surface area contributed by atoms with Crippen molar-refractivity contribution >= 4 is 21.9 Å². The van der Waals surface area contributed by atoms with E-state index in [-0.39, 0.29) is 18.9 Å². The second-order valence-electron chi connectivity index (χ2n) is 4.15. The van der Waals surface area contributed by atoms with Crippen LogP contribution >= 0.6 is 15.9 Å². The number of esters is 1. The summed E-state index contributed by atoms with van der Waals surface area (Å²) < 4.78 is 12.8. The maximum atomic E-state index is 11.9. The number of hydrogen-bond acceptors (Lipinski definition) is 4. The Labute approximate surface area is 131 Å². The SMILES string of the molecule is C=C(Br)COc1cn(-c2ccccc2)nc1C(=O)OCC. The molecule has 0 aliphatic heterocycles. The molecule has 2 aromatic rings. The molecular formula is C15H15BrN2O3. The van der Waals surface area contributed by atoms with Crippen LogP contribution in [0.25, 0.3) is 5.69 Å². The predicted octanol–water partition coefficient (Wildman–Crippen LogP) is 3.34. The van der Waals surface area contributed by atoms with Crippen LogP contribution in [-0.4, -0.2) is 29.0 Å². The molecule has 0 fully saturated rings. The van der Waals surface area contributed by atoms with Crippen molar-refractivity contribution in [3.05, 3.63) is 53.3 Å². The fraction of sp³-hybridized carbons (Fsp3) is 0.200. The van der Waals surface area contributed by atoms with Gasteiger partial charge in [-0.1, -0.05) is 40.7 Å². The van der Waals surface area contributed by atoms with Gasteiger partial charge in [0.2, 0.25) is 5.69 Å². The van der Waals surface area contributed by atoms with E-state index in [1.807, 2.05) is 30.3 Å². The minimum Gasteiger partial charge on any atom is -0.484 e. The third-order valence-electron chi connectivity index (χ3n) is 2.55. The molecule has 0 unspecified atom stereocenters. The zero-order valence-electron chi connectivity index (χ0n) is 11.6. The molecule has 0 radical (unpaired) electrons. The van der Waals surface area contributed by atoms with Gasteiger partial charge in [-0.3, -0.25) is 0 Å². The largest absolute Gasteiger partial charge is 0.484 e. The van der Waals surface area contributed by atoms with Gasteiger partial charge in [-0.25, -0.2) is 9.48 Å². The maximum absolute atomic E-state index is 11.9. The van der Waals surface area contributed by atoms with E-state index in [1.165, 1.54) is 0 Å². The van der Waals surface area contributed by atoms with Gasteiger partial charge in [0, 0.05) is 4.48 Å². The Morgan fingerprint density at radius 2 is 2.10 bits per heavy atom. The van der Waals surface area contributed by atoms with E-state index >= 15 is 0 Å². The van der Waals surface area contributed by atoms with E-state index < -0.39 is 5.97 Å². The van der Waals surface area contributed by atoms with Gasteiger partial charge < -0.3 is 9.47 Å². The van der Waals surface area contributed by atoms with Crippen LogP contribution in [-0.2, 0) is 4.74 Å².